The van der Waals surface area contributed by atoms with E-state index in [1.165, 1.54) is 6.07 Å². The molecular weight excluding hydrogens is 315 g/mol. The van der Waals surface area contributed by atoms with E-state index >= 15 is 0 Å². The monoisotopic (exact) mass is 338 g/mol. The number of nitrogens with zero attached hydrogens (tertiary/aromatic N) is 1. The topological polar surface area (TPSA) is 46.3 Å². The maximum atomic E-state index is 14.4. The van der Waals surface area contributed by atoms with Gasteiger partial charge in [0, 0.05) is 23.4 Å². The summed E-state index contributed by atoms with van der Waals surface area (Å²) in [6.45, 7) is 1.24. The molecule has 1 aliphatic heterocycles. The van der Waals surface area contributed by atoms with E-state index in [4.69, 9.17) is 5.73 Å². The summed E-state index contributed by atoms with van der Waals surface area (Å²) in [6, 6.07) is 5.17. The van der Waals surface area contributed by atoms with E-state index in [1.807, 2.05) is 11.0 Å². The first kappa shape index (κ1) is 16.7. The van der Waals surface area contributed by atoms with Gasteiger partial charge in [-0.3, -0.25) is 4.79 Å². The molecule has 2 aliphatic carbocycles. The Morgan fingerprint density at radius 2 is 2.09 bits per heavy atom. The van der Waals surface area contributed by atoms with Crippen LogP contribution in [0.4, 0.5) is 10.1 Å². The zero-order valence-electron chi connectivity index (χ0n) is 13.3. The molecule has 0 bridgehead atoms. The number of carbonyl (C=O) groups excluding carboxylic acids is 1. The molecule has 2 saturated carbocycles. The van der Waals surface area contributed by atoms with Crippen molar-refractivity contribution in [2.24, 2.45) is 17.6 Å². The molecule has 2 N–H and O–H groups in total. The molecule has 1 heterocycles. The second-order valence-electron chi connectivity index (χ2n) is 7.23. The van der Waals surface area contributed by atoms with Gasteiger partial charge in [-0.1, -0.05) is 18.9 Å². The normalized spacial score (nSPS) is 27.5. The first-order valence-electron chi connectivity index (χ1n) is 8.47. The van der Waals surface area contributed by atoms with Crippen molar-refractivity contribution < 1.29 is 9.18 Å². The van der Waals surface area contributed by atoms with Crippen LogP contribution in [0.25, 0.3) is 0 Å². The summed E-state index contributed by atoms with van der Waals surface area (Å²) in [7, 11) is 0. The molecule has 1 spiro atoms. The molecule has 1 aromatic rings. The number of hydrogen-bond donors (Lipinski definition) is 1. The number of halogens is 2. The third-order valence-corrected chi connectivity index (χ3v) is 6.13. The Bertz CT molecular complexity index is 617. The third-order valence-electron chi connectivity index (χ3n) is 6.13. The predicted molar refractivity (Wildman–Crippen MR) is 91.4 cm³/mol. The number of benzene rings is 1. The summed E-state index contributed by atoms with van der Waals surface area (Å²) in [6.07, 6.45) is 6.17. The van der Waals surface area contributed by atoms with Gasteiger partial charge in [-0.25, -0.2) is 4.39 Å². The number of carbonyl (C=O) groups is 1. The maximum Gasteiger partial charge on any atom is 0.230 e. The van der Waals surface area contributed by atoms with Crippen LogP contribution in [0.2, 0.25) is 0 Å². The van der Waals surface area contributed by atoms with E-state index in [0.29, 0.717) is 19.0 Å². The lowest BCUT2D eigenvalue weighted by Gasteiger charge is -2.39. The smallest absolute Gasteiger partial charge is 0.230 e. The van der Waals surface area contributed by atoms with Crippen LogP contribution < -0.4 is 10.6 Å². The van der Waals surface area contributed by atoms with Crippen LogP contribution in [0.15, 0.2) is 18.2 Å². The number of hydrogen-bond acceptors (Lipinski definition) is 2. The van der Waals surface area contributed by atoms with Crippen molar-refractivity contribution in [3.05, 3.63) is 29.6 Å². The maximum absolute atomic E-state index is 14.4. The number of fused-ring (bicyclic) bond motifs is 2. The van der Waals surface area contributed by atoms with Gasteiger partial charge >= 0.3 is 0 Å². The molecule has 1 amide bonds. The molecule has 4 rings (SSSR count). The van der Waals surface area contributed by atoms with Crippen LogP contribution in [0.1, 0.15) is 44.1 Å². The van der Waals surface area contributed by atoms with Gasteiger partial charge in [-0.15, -0.1) is 12.4 Å². The van der Waals surface area contributed by atoms with Crippen LogP contribution in [0.5, 0.6) is 0 Å². The largest absolute Gasteiger partial charge is 0.330 e. The average molecular weight is 339 g/mol. The number of rotatable bonds is 2. The van der Waals surface area contributed by atoms with Crippen molar-refractivity contribution in [1.82, 2.24) is 0 Å². The Kier molecular flexibility index (Phi) is 4.41. The molecule has 0 radical (unpaired) electrons. The van der Waals surface area contributed by atoms with Crippen molar-refractivity contribution in [2.45, 2.75) is 43.9 Å². The Labute approximate surface area is 142 Å². The van der Waals surface area contributed by atoms with Gasteiger partial charge in [0.15, 0.2) is 0 Å². The minimum atomic E-state index is -0.144. The average Bonchev–Trinajstić information content (AvgIpc) is 3.09. The molecule has 2 fully saturated rings. The van der Waals surface area contributed by atoms with Crippen LogP contribution in [-0.2, 0) is 10.2 Å². The van der Waals surface area contributed by atoms with Gasteiger partial charge < -0.3 is 10.6 Å². The summed E-state index contributed by atoms with van der Waals surface area (Å²) in [5.41, 5.74) is 7.32. The summed E-state index contributed by atoms with van der Waals surface area (Å²) < 4.78 is 14.4. The highest BCUT2D eigenvalue weighted by atomic mass is 35.5. The van der Waals surface area contributed by atoms with Crippen molar-refractivity contribution in [2.75, 3.05) is 18.0 Å². The summed E-state index contributed by atoms with van der Waals surface area (Å²) in [4.78, 5) is 14.9. The summed E-state index contributed by atoms with van der Waals surface area (Å²) in [5.74, 6) is 0.344. The second-order valence-corrected chi connectivity index (χ2v) is 7.23. The Balaban J connectivity index is 0.00000156. The highest BCUT2D eigenvalue weighted by Gasteiger charge is 2.51. The van der Waals surface area contributed by atoms with Crippen LogP contribution in [0, 0.1) is 17.7 Å². The van der Waals surface area contributed by atoms with Crippen LogP contribution in [-0.4, -0.2) is 19.0 Å². The van der Waals surface area contributed by atoms with Gasteiger partial charge in [0.2, 0.25) is 5.91 Å². The molecule has 0 aromatic heterocycles. The van der Waals surface area contributed by atoms with Crippen LogP contribution >= 0.6 is 12.4 Å². The number of nitrogens with two attached hydrogens (primary N) is 1. The Morgan fingerprint density at radius 1 is 1.30 bits per heavy atom. The number of amides is 1. The minimum Gasteiger partial charge on any atom is -0.330 e. The summed E-state index contributed by atoms with van der Waals surface area (Å²) >= 11 is 0. The van der Waals surface area contributed by atoms with Crippen molar-refractivity contribution in [3.8, 4) is 0 Å². The molecular formula is C18H24ClFN2O. The quantitative estimate of drug-likeness (QED) is 0.898. The minimum absolute atomic E-state index is 0. The Morgan fingerprint density at radius 3 is 2.74 bits per heavy atom. The fourth-order valence-electron chi connectivity index (χ4n) is 4.78. The number of anilines is 1. The SMILES string of the molecule is Cl.NC[C@H]1CCC[C@H]1C(=O)N1CC2(CCC2)c2c(F)cccc21. The van der Waals surface area contributed by atoms with Gasteiger partial charge in [0.25, 0.3) is 0 Å². The van der Waals surface area contributed by atoms with Crippen molar-refractivity contribution in [1.29, 1.82) is 0 Å². The molecule has 23 heavy (non-hydrogen) atoms. The molecule has 0 saturated heterocycles. The van der Waals surface area contributed by atoms with Gasteiger partial charge in [-0.05, 0) is 50.3 Å². The lowest BCUT2D eigenvalue weighted by atomic mass is 9.65. The van der Waals surface area contributed by atoms with Crippen LogP contribution in [0.3, 0.4) is 0 Å². The van der Waals surface area contributed by atoms with E-state index in [2.05, 4.69) is 0 Å². The fourth-order valence-corrected chi connectivity index (χ4v) is 4.78. The lowest BCUT2D eigenvalue weighted by Crippen LogP contribution is -2.44. The first-order valence-corrected chi connectivity index (χ1v) is 8.47. The molecule has 5 heteroatoms. The molecule has 2 atom stereocenters. The molecule has 0 unspecified atom stereocenters. The highest BCUT2D eigenvalue weighted by Crippen LogP contribution is 2.54. The van der Waals surface area contributed by atoms with Gasteiger partial charge in [0.05, 0.1) is 5.69 Å². The fraction of sp³-hybridized carbons (Fsp3) is 0.611. The predicted octanol–water partition coefficient (Wildman–Crippen LogP) is 3.39. The van der Waals surface area contributed by atoms with Crippen molar-refractivity contribution >= 4 is 24.0 Å². The van der Waals surface area contributed by atoms with E-state index in [9.17, 15) is 9.18 Å². The highest BCUT2D eigenvalue weighted by molar-refractivity contribution is 5.98. The van der Waals surface area contributed by atoms with E-state index in [0.717, 1.165) is 49.8 Å². The van der Waals surface area contributed by atoms with Gasteiger partial charge in [0.1, 0.15) is 5.82 Å². The molecule has 1 aromatic carbocycles. The van der Waals surface area contributed by atoms with Gasteiger partial charge in [-0.2, -0.15) is 0 Å². The molecule has 3 nitrogen and oxygen atoms in total. The molecule has 3 aliphatic rings. The zero-order chi connectivity index (χ0) is 15.3. The van der Waals surface area contributed by atoms with E-state index in [-0.39, 0.29) is 35.5 Å². The second kappa shape index (κ2) is 6.06. The lowest BCUT2D eigenvalue weighted by molar-refractivity contribution is -0.123. The van der Waals surface area contributed by atoms with E-state index < -0.39 is 0 Å². The third kappa shape index (κ3) is 2.38. The van der Waals surface area contributed by atoms with E-state index in [1.54, 1.807) is 6.07 Å². The molecule has 126 valence electrons. The Hall–Kier alpha value is -1.13. The standard InChI is InChI=1S/C18H23FN2O.ClH/c19-14-6-2-7-15-16(14)18(8-3-9-18)11-21(15)17(22)13-5-1-4-12(13)10-20;/h2,6-7,12-13H,1,3-5,8-11,20H2;1H/t12-,13-;/m1./s1. The van der Waals surface area contributed by atoms with Crippen molar-refractivity contribution in [3.63, 3.8) is 0 Å². The summed E-state index contributed by atoms with van der Waals surface area (Å²) in [5, 5.41) is 0. The first-order chi connectivity index (χ1) is 10.7. The zero-order valence-corrected chi connectivity index (χ0v) is 14.1.